The third-order valence-electron chi connectivity index (χ3n) is 3.17. The molecule has 1 unspecified atom stereocenters. The summed E-state index contributed by atoms with van der Waals surface area (Å²) in [6, 6.07) is 0.128. The molecule has 1 saturated heterocycles. The molecule has 106 valence electrons. The number of aliphatic hydroxyl groups excluding tert-OH is 1. The van der Waals surface area contributed by atoms with E-state index in [2.05, 4.69) is 30.5 Å². The molecule has 2 rings (SSSR count). The van der Waals surface area contributed by atoms with Crippen molar-refractivity contribution in [2.45, 2.75) is 32.2 Å². The standard InChI is InChI=1S/C12H22N6O/c1-9(5-8-19)14-11-15-10(13-2)16-12(17-11)18-6-3-4-7-18/h9,19H,3-8H2,1-2H3,(H2,13,14,15,16,17). The molecule has 0 aliphatic carbocycles. The number of nitrogens with one attached hydrogen (secondary N) is 2. The van der Waals surface area contributed by atoms with Crippen molar-refractivity contribution in [2.24, 2.45) is 0 Å². The van der Waals surface area contributed by atoms with E-state index in [-0.39, 0.29) is 12.6 Å². The zero-order chi connectivity index (χ0) is 13.7. The number of aromatic nitrogens is 3. The second kappa shape index (κ2) is 6.51. The molecule has 1 aliphatic heterocycles. The van der Waals surface area contributed by atoms with Crippen molar-refractivity contribution >= 4 is 17.8 Å². The average molecular weight is 266 g/mol. The maximum absolute atomic E-state index is 8.93. The number of anilines is 3. The average Bonchev–Trinajstić information content (AvgIpc) is 2.92. The van der Waals surface area contributed by atoms with Crippen molar-refractivity contribution in [3.05, 3.63) is 0 Å². The first kappa shape index (κ1) is 13.8. The van der Waals surface area contributed by atoms with Crippen LogP contribution in [0.1, 0.15) is 26.2 Å². The molecule has 0 saturated carbocycles. The summed E-state index contributed by atoms with van der Waals surface area (Å²) in [4.78, 5) is 15.3. The highest BCUT2D eigenvalue weighted by Crippen LogP contribution is 2.18. The predicted octanol–water partition coefficient (Wildman–Crippen LogP) is 0.696. The van der Waals surface area contributed by atoms with Crippen LogP contribution < -0.4 is 15.5 Å². The monoisotopic (exact) mass is 266 g/mol. The zero-order valence-corrected chi connectivity index (χ0v) is 11.6. The van der Waals surface area contributed by atoms with Gasteiger partial charge in [-0.05, 0) is 26.2 Å². The lowest BCUT2D eigenvalue weighted by Gasteiger charge is -2.18. The predicted molar refractivity (Wildman–Crippen MR) is 75.6 cm³/mol. The van der Waals surface area contributed by atoms with Gasteiger partial charge in [-0.15, -0.1) is 0 Å². The maximum atomic E-state index is 8.93. The highest BCUT2D eigenvalue weighted by Gasteiger charge is 2.17. The summed E-state index contributed by atoms with van der Waals surface area (Å²) < 4.78 is 0. The van der Waals surface area contributed by atoms with Crippen LogP contribution in [0.2, 0.25) is 0 Å². The Labute approximate surface area is 113 Å². The van der Waals surface area contributed by atoms with Gasteiger partial charge in [0.2, 0.25) is 17.8 Å². The van der Waals surface area contributed by atoms with Crippen LogP contribution in [0.3, 0.4) is 0 Å². The number of hydrogen-bond donors (Lipinski definition) is 3. The topological polar surface area (TPSA) is 86.2 Å². The van der Waals surface area contributed by atoms with Gasteiger partial charge in [0, 0.05) is 32.8 Å². The van der Waals surface area contributed by atoms with Crippen LogP contribution in [0.15, 0.2) is 0 Å². The Balaban J connectivity index is 2.15. The van der Waals surface area contributed by atoms with Crippen molar-refractivity contribution in [3.63, 3.8) is 0 Å². The zero-order valence-electron chi connectivity index (χ0n) is 11.6. The van der Waals surface area contributed by atoms with Gasteiger partial charge in [-0.25, -0.2) is 0 Å². The van der Waals surface area contributed by atoms with E-state index >= 15 is 0 Å². The number of rotatable bonds is 6. The molecule has 2 heterocycles. The molecule has 19 heavy (non-hydrogen) atoms. The van der Waals surface area contributed by atoms with Gasteiger partial charge in [0.1, 0.15) is 0 Å². The highest BCUT2D eigenvalue weighted by molar-refractivity contribution is 5.44. The lowest BCUT2D eigenvalue weighted by molar-refractivity contribution is 0.282. The minimum atomic E-state index is 0.128. The van der Waals surface area contributed by atoms with Crippen molar-refractivity contribution in [1.29, 1.82) is 0 Å². The molecule has 0 spiro atoms. The van der Waals surface area contributed by atoms with Crippen LogP contribution in [0.4, 0.5) is 17.8 Å². The van der Waals surface area contributed by atoms with E-state index in [1.807, 2.05) is 6.92 Å². The summed E-state index contributed by atoms with van der Waals surface area (Å²) in [7, 11) is 1.80. The summed E-state index contributed by atoms with van der Waals surface area (Å²) >= 11 is 0. The van der Waals surface area contributed by atoms with E-state index in [1.54, 1.807) is 7.05 Å². The second-order valence-corrected chi connectivity index (χ2v) is 4.78. The summed E-state index contributed by atoms with van der Waals surface area (Å²) in [5, 5.41) is 15.1. The fourth-order valence-electron chi connectivity index (χ4n) is 2.09. The Hall–Kier alpha value is -1.63. The van der Waals surface area contributed by atoms with E-state index < -0.39 is 0 Å². The molecule has 1 aromatic heterocycles. The molecule has 7 nitrogen and oxygen atoms in total. The van der Waals surface area contributed by atoms with Crippen LogP contribution >= 0.6 is 0 Å². The Bertz CT molecular complexity index is 407. The second-order valence-electron chi connectivity index (χ2n) is 4.78. The van der Waals surface area contributed by atoms with E-state index in [9.17, 15) is 0 Å². The first-order valence-corrected chi connectivity index (χ1v) is 6.79. The fraction of sp³-hybridized carbons (Fsp3) is 0.750. The third-order valence-corrected chi connectivity index (χ3v) is 3.17. The molecule has 0 aromatic carbocycles. The fourth-order valence-corrected chi connectivity index (χ4v) is 2.09. The number of hydrogen-bond acceptors (Lipinski definition) is 7. The Morgan fingerprint density at radius 2 is 1.89 bits per heavy atom. The van der Waals surface area contributed by atoms with E-state index in [1.165, 1.54) is 12.8 Å². The Morgan fingerprint density at radius 3 is 2.53 bits per heavy atom. The minimum absolute atomic E-state index is 0.128. The van der Waals surface area contributed by atoms with Crippen molar-refractivity contribution in [1.82, 2.24) is 15.0 Å². The molecular formula is C12H22N6O. The van der Waals surface area contributed by atoms with E-state index in [0.29, 0.717) is 18.3 Å². The normalized spacial score (nSPS) is 16.5. The molecule has 0 amide bonds. The SMILES string of the molecule is CNc1nc(NC(C)CCO)nc(N2CCCC2)n1. The van der Waals surface area contributed by atoms with Gasteiger partial charge in [-0.3, -0.25) is 0 Å². The summed E-state index contributed by atoms with van der Waals surface area (Å²) in [6.45, 7) is 4.14. The van der Waals surface area contributed by atoms with Crippen LogP contribution in [0.5, 0.6) is 0 Å². The summed E-state index contributed by atoms with van der Waals surface area (Å²) in [6.07, 6.45) is 3.04. The maximum Gasteiger partial charge on any atom is 0.231 e. The van der Waals surface area contributed by atoms with Crippen molar-refractivity contribution in [3.8, 4) is 0 Å². The molecule has 1 aromatic rings. The van der Waals surface area contributed by atoms with Gasteiger partial charge in [0.25, 0.3) is 0 Å². The van der Waals surface area contributed by atoms with Gasteiger partial charge >= 0.3 is 0 Å². The largest absolute Gasteiger partial charge is 0.396 e. The van der Waals surface area contributed by atoms with Crippen LogP contribution in [0, 0.1) is 0 Å². The number of aliphatic hydroxyl groups is 1. The van der Waals surface area contributed by atoms with E-state index in [0.717, 1.165) is 19.0 Å². The minimum Gasteiger partial charge on any atom is -0.396 e. The molecule has 1 fully saturated rings. The molecular weight excluding hydrogens is 244 g/mol. The molecule has 1 aliphatic rings. The Kier molecular flexibility index (Phi) is 4.73. The lowest BCUT2D eigenvalue weighted by atomic mass is 10.2. The van der Waals surface area contributed by atoms with Crippen molar-refractivity contribution < 1.29 is 5.11 Å². The van der Waals surface area contributed by atoms with Gasteiger partial charge in [-0.1, -0.05) is 0 Å². The third kappa shape index (κ3) is 3.66. The quantitative estimate of drug-likeness (QED) is 0.698. The summed E-state index contributed by atoms with van der Waals surface area (Å²) in [5.41, 5.74) is 0. The number of nitrogens with zero attached hydrogens (tertiary/aromatic N) is 4. The first-order valence-electron chi connectivity index (χ1n) is 6.79. The van der Waals surface area contributed by atoms with E-state index in [4.69, 9.17) is 5.11 Å². The summed E-state index contributed by atoms with van der Waals surface area (Å²) in [5.74, 6) is 1.84. The van der Waals surface area contributed by atoms with Crippen LogP contribution in [0.25, 0.3) is 0 Å². The van der Waals surface area contributed by atoms with Gasteiger partial charge < -0.3 is 20.6 Å². The Morgan fingerprint density at radius 1 is 1.21 bits per heavy atom. The highest BCUT2D eigenvalue weighted by atomic mass is 16.3. The first-order chi connectivity index (χ1) is 9.22. The molecule has 0 radical (unpaired) electrons. The smallest absolute Gasteiger partial charge is 0.231 e. The molecule has 1 atom stereocenters. The van der Waals surface area contributed by atoms with Crippen molar-refractivity contribution in [2.75, 3.05) is 42.3 Å². The van der Waals surface area contributed by atoms with Gasteiger partial charge in [-0.2, -0.15) is 15.0 Å². The van der Waals surface area contributed by atoms with Crippen LogP contribution in [-0.4, -0.2) is 52.8 Å². The molecule has 7 heteroatoms. The van der Waals surface area contributed by atoms with Crippen LogP contribution in [-0.2, 0) is 0 Å². The molecule has 3 N–H and O–H groups in total. The lowest BCUT2D eigenvalue weighted by Crippen LogP contribution is -2.24. The van der Waals surface area contributed by atoms with Gasteiger partial charge in [0.05, 0.1) is 0 Å². The van der Waals surface area contributed by atoms with Gasteiger partial charge in [0.15, 0.2) is 0 Å². The molecule has 0 bridgehead atoms.